The second-order valence-electron chi connectivity index (χ2n) is 20.7. The van der Waals surface area contributed by atoms with Crippen LogP contribution in [0.3, 0.4) is 0 Å². The van der Waals surface area contributed by atoms with E-state index in [1.807, 2.05) is 0 Å². The predicted molar refractivity (Wildman–Crippen MR) is 323 cm³/mol. The summed E-state index contributed by atoms with van der Waals surface area (Å²) < 4.78 is 2.43. The fourth-order valence-corrected chi connectivity index (χ4v) is 13.4. The SMILES string of the molecule is c1cc(-c2ccc(-c3ccc4c(c3)c3ccccc3n4-c3cccc4ccccc34)cc2)cc(N(c2ccc(-c3cccc4ccccc34)cc2)c2ccc3c(c2)C2(c4ccccc4-c4ccccc42)c2ccccc2-3)c1. The molecule has 1 heterocycles. The van der Waals surface area contributed by atoms with Crippen LogP contribution in [0.1, 0.15) is 22.3 Å². The first-order chi connectivity index (χ1) is 38.2. The first-order valence-electron chi connectivity index (χ1n) is 26.7. The minimum Gasteiger partial charge on any atom is -0.310 e. The van der Waals surface area contributed by atoms with Gasteiger partial charge >= 0.3 is 0 Å². The lowest BCUT2D eigenvalue weighted by Gasteiger charge is -2.32. The summed E-state index contributed by atoms with van der Waals surface area (Å²) >= 11 is 0. The summed E-state index contributed by atoms with van der Waals surface area (Å²) in [5.74, 6) is 0. The Bertz CT molecular complexity index is 4620. The summed E-state index contributed by atoms with van der Waals surface area (Å²) in [6.07, 6.45) is 0. The summed E-state index contributed by atoms with van der Waals surface area (Å²) in [4.78, 5) is 2.46. The lowest BCUT2D eigenvalue weighted by atomic mass is 9.70. The maximum atomic E-state index is 2.49. The van der Waals surface area contributed by atoms with E-state index >= 15 is 0 Å². The van der Waals surface area contributed by atoms with Crippen molar-refractivity contribution >= 4 is 60.4 Å². The lowest BCUT2D eigenvalue weighted by Crippen LogP contribution is -2.26. The molecule has 16 rings (SSSR count). The molecule has 2 heteroatoms. The van der Waals surface area contributed by atoms with E-state index in [1.54, 1.807) is 0 Å². The largest absolute Gasteiger partial charge is 0.310 e. The maximum Gasteiger partial charge on any atom is 0.0726 e. The fraction of sp³-hybridized carbons (Fsp3) is 0.0133. The third kappa shape index (κ3) is 6.49. The van der Waals surface area contributed by atoms with Crippen molar-refractivity contribution in [3.63, 3.8) is 0 Å². The average Bonchev–Trinajstić information content (AvgIpc) is 3.92. The van der Waals surface area contributed by atoms with Crippen molar-refractivity contribution in [2.45, 2.75) is 5.41 Å². The molecule has 0 saturated heterocycles. The van der Waals surface area contributed by atoms with Gasteiger partial charge in [0.2, 0.25) is 0 Å². The van der Waals surface area contributed by atoms with Gasteiger partial charge in [-0.3, -0.25) is 0 Å². The van der Waals surface area contributed by atoms with Gasteiger partial charge < -0.3 is 9.47 Å². The highest BCUT2D eigenvalue weighted by Gasteiger charge is 2.51. The third-order valence-electron chi connectivity index (χ3n) is 16.8. The van der Waals surface area contributed by atoms with Crippen LogP contribution in [0.15, 0.2) is 291 Å². The molecule has 1 aromatic heterocycles. The van der Waals surface area contributed by atoms with Crippen LogP contribution in [0, 0.1) is 0 Å². The Balaban J connectivity index is 0.815. The van der Waals surface area contributed by atoms with Gasteiger partial charge in [0.15, 0.2) is 0 Å². The minimum absolute atomic E-state index is 0.457. The van der Waals surface area contributed by atoms with Crippen molar-refractivity contribution in [2.24, 2.45) is 0 Å². The Morgan fingerprint density at radius 1 is 0.247 bits per heavy atom. The summed E-state index contributed by atoms with van der Waals surface area (Å²) in [5, 5.41) is 7.47. The first-order valence-corrected chi connectivity index (χ1v) is 26.7. The molecule has 0 aliphatic heterocycles. The highest BCUT2D eigenvalue weighted by Crippen LogP contribution is 2.63. The Labute approximate surface area is 447 Å². The van der Waals surface area contributed by atoms with Crippen LogP contribution in [0.2, 0.25) is 0 Å². The molecule has 0 atom stereocenters. The van der Waals surface area contributed by atoms with Crippen molar-refractivity contribution in [1.82, 2.24) is 4.57 Å². The molecule has 0 saturated carbocycles. The lowest BCUT2D eigenvalue weighted by molar-refractivity contribution is 0.793. The van der Waals surface area contributed by atoms with Crippen molar-refractivity contribution in [3.8, 4) is 61.3 Å². The number of fused-ring (bicyclic) bond motifs is 15. The predicted octanol–water partition coefficient (Wildman–Crippen LogP) is 19.9. The van der Waals surface area contributed by atoms with Crippen LogP contribution in [-0.4, -0.2) is 4.57 Å². The van der Waals surface area contributed by atoms with Gasteiger partial charge in [-0.25, -0.2) is 0 Å². The number of nitrogens with zero attached hydrogens (tertiary/aromatic N) is 2. The van der Waals surface area contributed by atoms with E-state index in [4.69, 9.17) is 0 Å². The number of para-hydroxylation sites is 1. The molecule has 2 aliphatic carbocycles. The van der Waals surface area contributed by atoms with Gasteiger partial charge in [-0.15, -0.1) is 0 Å². The van der Waals surface area contributed by atoms with Crippen LogP contribution in [0.4, 0.5) is 17.1 Å². The van der Waals surface area contributed by atoms with E-state index < -0.39 is 5.41 Å². The molecule has 0 radical (unpaired) electrons. The Morgan fingerprint density at radius 3 is 1.42 bits per heavy atom. The number of hydrogen-bond donors (Lipinski definition) is 0. The third-order valence-corrected chi connectivity index (χ3v) is 16.8. The molecule has 2 nitrogen and oxygen atoms in total. The molecular weight excluding hydrogens is 929 g/mol. The van der Waals surface area contributed by atoms with E-state index in [9.17, 15) is 0 Å². The molecule has 0 bridgehead atoms. The first kappa shape index (κ1) is 43.4. The molecule has 77 heavy (non-hydrogen) atoms. The van der Waals surface area contributed by atoms with E-state index in [2.05, 4.69) is 301 Å². The van der Waals surface area contributed by atoms with Gasteiger partial charge in [0, 0.05) is 33.2 Å². The molecule has 0 amide bonds. The van der Waals surface area contributed by atoms with Crippen LogP contribution in [-0.2, 0) is 5.41 Å². The van der Waals surface area contributed by atoms with E-state index in [1.165, 1.54) is 116 Å². The Kier molecular flexibility index (Phi) is 9.58. The summed E-state index contributed by atoms with van der Waals surface area (Å²) in [6, 6.07) is 108. The van der Waals surface area contributed by atoms with Gasteiger partial charge in [-0.05, 0) is 155 Å². The average molecular weight is 977 g/mol. The summed E-state index contributed by atoms with van der Waals surface area (Å²) in [7, 11) is 0. The van der Waals surface area contributed by atoms with Gasteiger partial charge in [0.1, 0.15) is 0 Å². The van der Waals surface area contributed by atoms with E-state index in [0.29, 0.717) is 0 Å². The number of benzene rings is 13. The monoisotopic (exact) mass is 976 g/mol. The maximum absolute atomic E-state index is 2.49. The number of hydrogen-bond acceptors (Lipinski definition) is 1. The van der Waals surface area contributed by atoms with Gasteiger partial charge in [0.25, 0.3) is 0 Å². The molecular formula is C75H48N2. The zero-order chi connectivity index (χ0) is 50.6. The molecule has 14 aromatic rings. The van der Waals surface area contributed by atoms with Crippen LogP contribution >= 0.6 is 0 Å². The summed E-state index contributed by atoms with van der Waals surface area (Å²) in [5.41, 5.74) is 24.1. The standard InChI is InChI=1S/C75H48N2/c1-3-22-59-51(16-1)18-14-28-60(59)53-38-41-56(42-39-53)76(58-43-44-65-64-26-7-11-31-70(64)75(71(65)48-58)68-29-9-5-24-62(68)63-25-6-10-30-69(63)75)57-21-13-20-54(46-57)49-34-36-50(37-35-49)55-40-45-74-67(47-55)66-27-8-12-32-73(66)77(74)72-33-15-19-52-17-2-4-23-61(52)72/h1-48H. The van der Waals surface area contributed by atoms with Crippen molar-refractivity contribution in [1.29, 1.82) is 0 Å². The van der Waals surface area contributed by atoms with Crippen molar-refractivity contribution in [2.75, 3.05) is 4.90 Å². The second-order valence-corrected chi connectivity index (χ2v) is 20.7. The molecule has 1 spiro atoms. The van der Waals surface area contributed by atoms with Crippen LogP contribution < -0.4 is 4.90 Å². The fourth-order valence-electron chi connectivity index (χ4n) is 13.4. The van der Waals surface area contributed by atoms with E-state index in [0.717, 1.165) is 28.2 Å². The van der Waals surface area contributed by atoms with Gasteiger partial charge in [-0.1, -0.05) is 231 Å². The zero-order valence-electron chi connectivity index (χ0n) is 42.1. The molecule has 0 fully saturated rings. The smallest absolute Gasteiger partial charge is 0.0726 e. The normalized spacial score (nSPS) is 12.8. The highest BCUT2D eigenvalue weighted by molar-refractivity contribution is 6.12. The Morgan fingerprint density at radius 2 is 0.714 bits per heavy atom. The Hall–Kier alpha value is -10.0. The van der Waals surface area contributed by atoms with Gasteiger partial charge in [0.05, 0.1) is 22.1 Å². The molecule has 2 aliphatic rings. The van der Waals surface area contributed by atoms with Crippen molar-refractivity contribution < 1.29 is 0 Å². The molecule has 0 N–H and O–H groups in total. The zero-order valence-corrected chi connectivity index (χ0v) is 42.1. The quantitative estimate of drug-likeness (QED) is 0.154. The number of rotatable bonds is 7. The second kappa shape index (κ2) is 17.0. The van der Waals surface area contributed by atoms with Gasteiger partial charge in [-0.2, -0.15) is 0 Å². The van der Waals surface area contributed by atoms with Crippen LogP contribution in [0.25, 0.3) is 105 Å². The summed E-state index contributed by atoms with van der Waals surface area (Å²) in [6.45, 7) is 0. The highest BCUT2D eigenvalue weighted by atomic mass is 15.1. The van der Waals surface area contributed by atoms with Crippen LogP contribution in [0.5, 0.6) is 0 Å². The molecule has 0 unspecified atom stereocenters. The topological polar surface area (TPSA) is 8.17 Å². The van der Waals surface area contributed by atoms with E-state index in [-0.39, 0.29) is 0 Å². The number of anilines is 3. The molecule has 358 valence electrons. The number of aromatic nitrogens is 1. The minimum atomic E-state index is -0.457. The van der Waals surface area contributed by atoms with Crippen molar-refractivity contribution in [3.05, 3.63) is 313 Å². The molecule has 13 aromatic carbocycles.